The first-order valence-corrected chi connectivity index (χ1v) is 15.9. The van der Waals surface area contributed by atoms with Crippen LogP contribution in [0, 0.1) is 5.41 Å². The Morgan fingerprint density at radius 2 is 1.02 bits per heavy atom. The molecule has 14 heteroatoms. The fraction of sp³-hybridized carbons (Fsp3) is 0.656. The molecule has 0 unspecified atom stereocenters. The van der Waals surface area contributed by atoms with Gasteiger partial charge in [0.05, 0.1) is 13.0 Å². The van der Waals surface area contributed by atoms with Crippen molar-refractivity contribution in [1.29, 1.82) is 0 Å². The molecule has 0 bridgehead atoms. The summed E-state index contributed by atoms with van der Waals surface area (Å²) < 4.78 is 15.7. The van der Waals surface area contributed by atoms with E-state index in [-0.39, 0.29) is 45.2 Å². The molecule has 0 aliphatic rings. The van der Waals surface area contributed by atoms with Crippen LogP contribution in [0.3, 0.4) is 0 Å². The molecule has 0 spiro atoms. The van der Waals surface area contributed by atoms with E-state index in [1.165, 1.54) is 0 Å². The Bertz CT molecular complexity index is 1050. The van der Waals surface area contributed by atoms with Crippen LogP contribution in [-0.2, 0) is 37.0 Å². The van der Waals surface area contributed by atoms with Gasteiger partial charge >= 0.3 is 24.2 Å². The molecule has 0 radical (unpaired) electrons. The van der Waals surface area contributed by atoms with Crippen LogP contribution in [0.15, 0.2) is 24.3 Å². The number of amides is 4. The largest absolute Gasteiger partial charge is 0.481 e. The van der Waals surface area contributed by atoms with Gasteiger partial charge in [-0.2, -0.15) is 0 Å². The number of hydrogen-bond donors (Lipinski definition) is 6. The topological polar surface area (TPSA) is 202 Å². The highest BCUT2D eigenvalue weighted by Crippen LogP contribution is 2.16. The lowest BCUT2D eigenvalue weighted by Gasteiger charge is -2.23. The van der Waals surface area contributed by atoms with Crippen molar-refractivity contribution in [3.63, 3.8) is 0 Å². The summed E-state index contributed by atoms with van der Waals surface area (Å²) in [5.74, 6) is -1.26. The normalized spacial score (nSPS) is 10.8. The molecule has 1 aromatic rings. The zero-order valence-corrected chi connectivity index (χ0v) is 27.2. The maximum absolute atomic E-state index is 12.0. The van der Waals surface area contributed by atoms with Crippen molar-refractivity contribution in [1.82, 2.24) is 21.3 Å². The van der Waals surface area contributed by atoms with Gasteiger partial charge in [-0.25, -0.2) is 14.4 Å². The second-order valence-corrected chi connectivity index (χ2v) is 11.7. The van der Waals surface area contributed by atoms with Crippen LogP contribution >= 0.6 is 0 Å². The molecule has 46 heavy (non-hydrogen) atoms. The molecular formula is C32H52N4O10. The number of aliphatic hydroxyl groups excluding tert-OH is 1. The van der Waals surface area contributed by atoms with Gasteiger partial charge in [0.1, 0.15) is 19.8 Å². The van der Waals surface area contributed by atoms with Crippen LogP contribution in [0.1, 0.15) is 89.2 Å². The SMILES string of the molecule is CC(C)(COC(=O)NCCCCCCNC(=O)CCC(=O)O)COC(=O)NCCCCCCNC(=O)OCc1ccc(CO)cc1. The Labute approximate surface area is 271 Å². The Hall–Kier alpha value is -4.07. The molecule has 0 fully saturated rings. The maximum atomic E-state index is 12.0. The number of ether oxygens (including phenoxy) is 3. The number of carbonyl (C=O) groups excluding carboxylic acids is 4. The average molecular weight is 653 g/mol. The number of alkyl carbamates (subject to hydrolysis) is 3. The third-order valence-electron chi connectivity index (χ3n) is 6.67. The van der Waals surface area contributed by atoms with E-state index in [1.807, 2.05) is 13.8 Å². The number of benzene rings is 1. The zero-order chi connectivity index (χ0) is 34.0. The number of aliphatic carboxylic acids is 1. The van der Waals surface area contributed by atoms with Crippen molar-refractivity contribution in [2.45, 2.75) is 91.3 Å². The number of carbonyl (C=O) groups is 5. The molecule has 260 valence electrons. The summed E-state index contributed by atoms with van der Waals surface area (Å²) in [6.45, 7) is 5.84. The van der Waals surface area contributed by atoms with Gasteiger partial charge in [-0.05, 0) is 36.8 Å². The highest BCUT2D eigenvalue weighted by molar-refractivity contribution is 5.80. The van der Waals surface area contributed by atoms with Gasteiger partial charge in [-0.15, -0.1) is 0 Å². The molecule has 0 saturated carbocycles. The second-order valence-electron chi connectivity index (χ2n) is 11.7. The Kier molecular flexibility index (Phi) is 21.0. The molecule has 0 atom stereocenters. The number of unbranched alkanes of at least 4 members (excludes halogenated alkanes) is 6. The Morgan fingerprint density at radius 3 is 1.46 bits per heavy atom. The van der Waals surface area contributed by atoms with Crippen LogP contribution < -0.4 is 21.3 Å². The van der Waals surface area contributed by atoms with E-state index in [4.69, 9.17) is 24.4 Å². The number of carboxylic acid groups (broad SMARTS) is 1. The van der Waals surface area contributed by atoms with E-state index in [1.54, 1.807) is 24.3 Å². The van der Waals surface area contributed by atoms with Gasteiger partial charge in [0.2, 0.25) is 5.91 Å². The number of nitrogens with one attached hydrogen (secondary N) is 4. The minimum Gasteiger partial charge on any atom is -0.481 e. The predicted octanol–water partition coefficient (Wildman–Crippen LogP) is 3.99. The van der Waals surface area contributed by atoms with Crippen LogP contribution in [0.25, 0.3) is 0 Å². The summed E-state index contributed by atoms with van der Waals surface area (Å²) in [6, 6.07) is 7.17. The van der Waals surface area contributed by atoms with E-state index in [9.17, 15) is 24.0 Å². The molecule has 0 aliphatic carbocycles. The summed E-state index contributed by atoms with van der Waals surface area (Å²) in [5.41, 5.74) is 1.07. The van der Waals surface area contributed by atoms with Gasteiger partial charge in [0.15, 0.2) is 0 Å². The minimum atomic E-state index is -0.996. The van der Waals surface area contributed by atoms with Gasteiger partial charge in [0.25, 0.3) is 0 Å². The third-order valence-corrected chi connectivity index (χ3v) is 6.67. The van der Waals surface area contributed by atoms with Gasteiger partial charge in [-0.1, -0.05) is 63.8 Å². The van der Waals surface area contributed by atoms with Gasteiger partial charge in [-0.3, -0.25) is 9.59 Å². The standard InChI is InChI=1S/C32H52N4O10/c1-32(2,23-45-30(42)35-19-9-4-3-7-17-33-27(38)15-16-28(39)40)24-46-31(43)36-20-10-6-5-8-18-34-29(41)44-22-26-13-11-25(21-37)12-14-26/h11-14,37H,3-10,15-24H2,1-2H3,(H,33,38)(H,34,41)(H,35,42)(H,36,43)(H,39,40). The first-order valence-electron chi connectivity index (χ1n) is 15.9. The van der Waals surface area contributed by atoms with Crippen molar-refractivity contribution in [2.24, 2.45) is 5.41 Å². The molecule has 14 nitrogen and oxygen atoms in total. The highest BCUT2D eigenvalue weighted by Gasteiger charge is 2.23. The summed E-state index contributed by atoms with van der Waals surface area (Å²) in [5, 5.41) is 28.4. The Morgan fingerprint density at radius 1 is 0.609 bits per heavy atom. The monoisotopic (exact) mass is 652 g/mol. The van der Waals surface area contributed by atoms with E-state index in [0.717, 1.165) is 62.5 Å². The summed E-state index contributed by atoms with van der Waals surface area (Å²) in [6.07, 6.45) is 4.79. The summed E-state index contributed by atoms with van der Waals surface area (Å²) in [4.78, 5) is 57.7. The van der Waals surface area contributed by atoms with E-state index < -0.39 is 29.7 Å². The van der Waals surface area contributed by atoms with Gasteiger partial charge in [0, 0.05) is 38.0 Å². The van der Waals surface area contributed by atoms with Crippen LogP contribution in [0.5, 0.6) is 0 Å². The van der Waals surface area contributed by atoms with Crippen LogP contribution in [0.2, 0.25) is 0 Å². The number of carboxylic acids is 1. The van der Waals surface area contributed by atoms with Crippen molar-refractivity contribution in [3.05, 3.63) is 35.4 Å². The molecule has 0 heterocycles. The van der Waals surface area contributed by atoms with Crippen LogP contribution in [0.4, 0.5) is 14.4 Å². The first kappa shape index (κ1) is 40.0. The van der Waals surface area contributed by atoms with Crippen molar-refractivity contribution >= 4 is 30.2 Å². The smallest absolute Gasteiger partial charge is 0.407 e. The van der Waals surface area contributed by atoms with Crippen LogP contribution in [-0.4, -0.2) is 79.8 Å². The summed E-state index contributed by atoms with van der Waals surface area (Å²) >= 11 is 0. The first-order chi connectivity index (χ1) is 22.0. The van der Waals surface area contributed by atoms with E-state index in [0.29, 0.717) is 26.2 Å². The quantitative estimate of drug-likeness (QED) is 0.0700. The molecule has 0 saturated heterocycles. The Balaban J connectivity index is 1.96. The van der Waals surface area contributed by atoms with E-state index in [2.05, 4.69) is 21.3 Å². The molecule has 4 amide bonds. The molecule has 0 aromatic heterocycles. The fourth-order valence-electron chi connectivity index (χ4n) is 3.92. The fourth-order valence-corrected chi connectivity index (χ4v) is 3.92. The molecule has 1 rings (SSSR count). The average Bonchev–Trinajstić information content (AvgIpc) is 3.03. The zero-order valence-electron chi connectivity index (χ0n) is 27.2. The maximum Gasteiger partial charge on any atom is 0.407 e. The second kappa shape index (κ2) is 24.2. The van der Waals surface area contributed by atoms with Gasteiger partial charge < -0.3 is 45.7 Å². The number of rotatable bonds is 24. The molecule has 6 N–H and O–H groups in total. The molecular weight excluding hydrogens is 600 g/mol. The predicted molar refractivity (Wildman–Crippen MR) is 170 cm³/mol. The number of aliphatic hydroxyl groups is 1. The number of hydrogen-bond acceptors (Lipinski definition) is 9. The highest BCUT2D eigenvalue weighted by atomic mass is 16.6. The van der Waals surface area contributed by atoms with Crippen molar-refractivity contribution < 1.29 is 48.4 Å². The lowest BCUT2D eigenvalue weighted by atomic mass is 9.96. The lowest BCUT2D eigenvalue weighted by molar-refractivity contribution is -0.138. The summed E-state index contributed by atoms with van der Waals surface area (Å²) in [7, 11) is 0. The van der Waals surface area contributed by atoms with E-state index >= 15 is 0 Å². The van der Waals surface area contributed by atoms with Crippen molar-refractivity contribution in [2.75, 3.05) is 39.4 Å². The lowest BCUT2D eigenvalue weighted by Crippen LogP contribution is -2.34. The van der Waals surface area contributed by atoms with Crippen molar-refractivity contribution in [3.8, 4) is 0 Å². The third kappa shape index (κ3) is 22.4. The molecule has 0 aliphatic heterocycles. The molecule has 1 aromatic carbocycles. The minimum absolute atomic E-state index is 0.0210.